The molecule has 0 spiro atoms. The summed E-state index contributed by atoms with van der Waals surface area (Å²) in [6.45, 7) is 1.87. The quantitative estimate of drug-likeness (QED) is 0.640. The predicted octanol–water partition coefficient (Wildman–Crippen LogP) is 1.96. The van der Waals surface area contributed by atoms with E-state index in [1.807, 2.05) is 25.1 Å². The molecule has 0 aliphatic heterocycles. The smallest absolute Gasteiger partial charge is 0.353 e. The van der Waals surface area contributed by atoms with Gasteiger partial charge in [0, 0.05) is 5.56 Å². The Morgan fingerprint density at radius 3 is 2.94 bits per heavy atom. The number of rotatable bonds is 2. The molecular weight excluding hydrogens is 232 g/mol. The SMILES string of the molecule is Cc1nc2c(-c3cc(C(=O)O)[nH]n3)cccc2[nH]1. The lowest BCUT2D eigenvalue weighted by molar-refractivity contribution is 0.0690. The molecule has 2 heterocycles. The second kappa shape index (κ2) is 3.69. The Hall–Kier alpha value is -2.63. The van der Waals surface area contributed by atoms with Crippen LogP contribution in [0.15, 0.2) is 24.3 Å². The van der Waals surface area contributed by atoms with E-state index in [0.717, 1.165) is 22.4 Å². The molecule has 0 amide bonds. The number of aromatic carboxylic acids is 1. The molecule has 0 radical (unpaired) electrons. The Kier molecular flexibility index (Phi) is 2.16. The van der Waals surface area contributed by atoms with E-state index in [9.17, 15) is 4.79 Å². The molecule has 6 heteroatoms. The molecule has 0 aliphatic rings. The number of H-pyrrole nitrogens is 2. The molecule has 1 aromatic carbocycles. The Bertz CT molecular complexity index is 741. The number of para-hydroxylation sites is 1. The summed E-state index contributed by atoms with van der Waals surface area (Å²) in [5.74, 6) is -0.217. The molecule has 3 aromatic rings. The summed E-state index contributed by atoms with van der Waals surface area (Å²) in [4.78, 5) is 18.3. The second-order valence-corrected chi connectivity index (χ2v) is 4.00. The van der Waals surface area contributed by atoms with Gasteiger partial charge in [0.15, 0.2) is 0 Å². The minimum absolute atomic E-state index is 0.0641. The molecular formula is C12H10N4O2. The van der Waals surface area contributed by atoms with Gasteiger partial charge in [0.1, 0.15) is 11.5 Å². The fourth-order valence-corrected chi connectivity index (χ4v) is 1.93. The van der Waals surface area contributed by atoms with Crippen molar-refractivity contribution in [3.05, 3.63) is 35.8 Å². The Labute approximate surface area is 102 Å². The van der Waals surface area contributed by atoms with Crippen LogP contribution in [0.3, 0.4) is 0 Å². The van der Waals surface area contributed by atoms with E-state index >= 15 is 0 Å². The topological polar surface area (TPSA) is 94.7 Å². The second-order valence-electron chi connectivity index (χ2n) is 4.00. The molecule has 6 nitrogen and oxygen atoms in total. The largest absolute Gasteiger partial charge is 0.477 e. The lowest BCUT2D eigenvalue weighted by Gasteiger charge is -1.96. The van der Waals surface area contributed by atoms with Crippen molar-refractivity contribution in [2.75, 3.05) is 0 Å². The van der Waals surface area contributed by atoms with Gasteiger partial charge in [0.05, 0.1) is 16.7 Å². The molecule has 0 aliphatic carbocycles. The van der Waals surface area contributed by atoms with Crippen molar-refractivity contribution in [2.24, 2.45) is 0 Å². The number of hydrogen-bond acceptors (Lipinski definition) is 3. The highest BCUT2D eigenvalue weighted by molar-refractivity contribution is 5.93. The fraction of sp³-hybridized carbons (Fsp3) is 0.0833. The maximum atomic E-state index is 10.8. The minimum atomic E-state index is -1.03. The summed E-state index contributed by atoms with van der Waals surface area (Å²) >= 11 is 0. The van der Waals surface area contributed by atoms with Crippen LogP contribution < -0.4 is 0 Å². The molecule has 18 heavy (non-hydrogen) atoms. The van der Waals surface area contributed by atoms with E-state index < -0.39 is 5.97 Å². The maximum Gasteiger partial charge on any atom is 0.353 e. The number of imidazole rings is 1. The van der Waals surface area contributed by atoms with Crippen LogP contribution in [0.4, 0.5) is 0 Å². The molecule has 90 valence electrons. The van der Waals surface area contributed by atoms with E-state index in [4.69, 9.17) is 5.11 Å². The van der Waals surface area contributed by atoms with E-state index in [0.29, 0.717) is 5.69 Å². The van der Waals surface area contributed by atoms with Crippen molar-refractivity contribution in [1.29, 1.82) is 0 Å². The number of benzene rings is 1. The van der Waals surface area contributed by atoms with Crippen molar-refractivity contribution < 1.29 is 9.90 Å². The number of aromatic nitrogens is 4. The molecule has 0 saturated carbocycles. The van der Waals surface area contributed by atoms with Gasteiger partial charge >= 0.3 is 5.97 Å². The molecule has 0 unspecified atom stereocenters. The average molecular weight is 242 g/mol. The van der Waals surface area contributed by atoms with E-state index in [2.05, 4.69) is 20.2 Å². The van der Waals surface area contributed by atoms with Crippen LogP contribution in [0.25, 0.3) is 22.3 Å². The molecule has 0 saturated heterocycles. The number of nitrogens with zero attached hydrogens (tertiary/aromatic N) is 2. The van der Waals surface area contributed by atoms with E-state index in [-0.39, 0.29) is 5.69 Å². The van der Waals surface area contributed by atoms with Crippen molar-refractivity contribution in [3.63, 3.8) is 0 Å². The third kappa shape index (κ3) is 1.55. The van der Waals surface area contributed by atoms with Gasteiger partial charge in [-0.2, -0.15) is 5.10 Å². The summed E-state index contributed by atoms with van der Waals surface area (Å²) in [6.07, 6.45) is 0. The number of carboxylic acid groups (broad SMARTS) is 1. The van der Waals surface area contributed by atoms with Gasteiger partial charge < -0.3 is 10.1 Å². The fourth-order valence-electron chi connectivity index (χ4n) is 1.93. The minimum Gasteiger partial charge on any atom is -0.477 e. The predicted molar refractivity (Wildman–Crippen MR) is 65.4 cm³/mol. The number of aromatic amines is 2. The first kappa shape index (κ1) is 10.5. The number of fused-ring (bicyclic) bond motifs is 1. The summed E-state index contributed by atoms with van der Waals surface area (Å²) in [5, 5.41) is 15.4. The average Bonchev–Trinajstić information content (AvgIpc) is 2.92. The summed E-state index contributed by atoms with van der Waals surface area (Å²) in [7, 11) is 0. The molecule has 0 bridgehead atoms. The highest BCUT2D eigenvalue weighted by Crippen LogP contribution is 2.26. The third-order valence-electron chi connectivity index (χ3n) is 2.72. The first-order valence-corrected chi connectivity index (χ1v) is 5.39. The third-order valence-corrected chi connectivity index (χ3v) is 2.72. The lowest BCUT2D eigenvalue weighted by atomic mass is 10.1. The number of carbonyl (C=O) groups is 1. The molecule has 2 aromatic heterocycles. The Morgan fingerprint density at radius 2 is 2.22 bits per heavy atom. The monoisotopic (exact) mass is 242 g/mol. The van der Waals surface area contributed by atoms with Crippen LogP contribution in [0.2, 0.25) is 0 Å². The Morgan fingerprint density at radius 1 is 1.39 bits per heavy atom. The van der Waals surface area contributed by atoms with Crippen LogP contribution in [0, 0.1) is 6.92 Å². The van der Waals surface area contributed by atoms with Crippen LogP contribution in [-0.4, -0.2) is 31.2 Å². The number of aryl methyl sites for hydroxylation is 1. The molecule has 3 rings (SSSR count). The standard InChI is InChI=1S/C12H10N4O2/c1-6-13-8-4-2-3-7(11(8)14-6)9-5-10(12(17)18)16-15-9/h2-5H,1H3,(H,13,14)(H,15,16)(H,17,18). The zero-order valence-corrected chi connectivity index (χ0v) is 9.56. The van der Waals surface area contributed by atoms with Gasteiger partial charge in [-0.1, -0.05) is 12.1 Å². The van der Waals surface area contributed by atoms with Crippen LogP contribution in [0.5, 0.6) is 0 Å². The highest BCUT2D eigenvalue weighted by atomic mass is 16.4. The molecule has 0 fully saturated rings. The first-order valence-electron chi connectivity index (χ1n) is 5.39. The van der Waals surface area contributed by atoms with Crippen molar-refractivity contribution >= 4 is 17.0 Å². The molecule has 3 N–H and O–H groups in total. The maximum absolute atomic E-state index is 10.8. The van der Waals surface area contributed by atoms with Gasteiger partial charge in [-0.05, 0) is 19.1 Å². The zero-order valence-electron chi connectivity index (χ0n) is 9.56. The van der Waals surface area contributed by atoms with Gasteiger partial charge in [-0.25, -0.2) is 9.78 Å². The van der Waals surface area contributed by atoms with E-state index in [1.54, 1.807) is 0 Å². The summed E-state index contributed by atoms with van der Waals surface area (Å²) in [6, 6.07) is 7.17. The number of hydrogen-bond donors (Lipinski definition) is 3. The summed E-state index contributed by atoms with van der Waals surface area (Å²) in [5.41, 5.74) is 3.14. The van der Waals surface area contributed by atoms with Gasteiger partial charge in [0.2, 0.25) is 0 Å². The Balaban J connectivity index is 2.21. The van der Waals surface area contributed by atoms with Crippen molar-refractivity contribution in [1.82, 2.24) is 20.2 Å². The van der Waals surface area contributed by atoms with Crippen LogP contribution in [-0.2, 0) is 0 Å². The number of carboxylic acids is 1. The van der Waals surface area contributed by atoms with Crippen molar-refractivity contribution in [3.8, 4) is 11.3 Å². The summed E-state index contributed by atoms with van der Waals surface area (Å²) < 4.78 is 0. The highest BCUT2D eigenvalue weighted by Gasteiger charge is 2.13. The van der Waals surface area contributed by atoms with Crippen LogP contribution in [0.1, 0.15) is 16.3 Å². The zero-order chi connectivity index (χ0) is 12.7. The lowest BCUT2D eigenvalue weighted by Crippen LogP contribution is -1.95. The van der Waals surface area contributed by atoms with Crippen LogP contribution >= 0.6 is 0 Å². The normalized spacial score (nSPS) is 10.9. The number of nitrogens with one attached hydrogen (secondary N) is 2. The van der Waals surface area contributed by atoms with E-state index in [1.165, 1.54) is 6.07 Å². The van der Waals surface area contributed by atoms with Crippen molar-refractivity contribution in [2.45, 2.75) is 6.92 Å². The molecule has 0 atom stereocenters. The van der Waals surface area contributed by atoms with Gasteiger partial charge in [-0.3, -0.25) is 5.10 Å². The van der Waals surface area contributed by atoms with Gasteiger partial charge in [-0.15, -0.1) is 0 Å². The first-order chi connectivity index (χ1) is 8.65. The van der Waals surface area contributed by atoms with Gasteiger partial charge in [0.25, 0.3) is 0 Å².